The van der Waals surface area contributed by atoms with Gasteiger partial charge in [0.25, 0.3) is 5.91 Å². The van der Waals surface area contributed by atoms with Gasteiger partial charge in [-0.15, -0.1) is 0 Å². The molecule has 0 saturated carbocycles. The first-order valence-corrected chi connectivity index (χ1v) is 11.1. The van der Waals surface area contributed by atoms with Crippen molar-refractivity contribution in [3.05, 3.63) is 66.4 Å². The van der Waals surface area contributed by atoms with Crippen molar-refractivity contribution in [2.45, 2.75) is 4.90 Å². The van der Waals surface area contributed by atoms with Crippen molar-refractivity contribution in [1.82, 2.24) is 14.1 Å². The van der Waals surface area contributed by atoms with E-state index in [9.17, 15) is 13.2 Å². The monoisotopic (exact) mass is 442 g/mol. The molecule has 162 valence electrons. The van der Waals surface area contributed by atoms with Crippen LogP contribution in [0.2, 0.25) is 0 Å². The minimum absolute atomic E-state index is 0.0561. The van der Waals surface area contributed by atoms with Gasteiger partial charge in [0.05, 0.1) is 26.0 Å². The van der Waals surface area contributed by atoms with E-state index in [2.05, 4.69) is 10.4 Å². The number of sulfonamides is 1. The van der Waals surface area contributed by atoms with Gasteiger partial charge in [0.2, 0.25) is 10.0 Å². The van der Waals surface area contributed by atoms with Crippen molar-refractivity contribution in [2.75, 3.05) is 38.7 Å². The molecule has 9 nitrogen and oxygen atoms in total. The number of morpholine rings is 1. The maximum absolute atomic E-state index is 13.1. The van der Waals surface area contributed by atoms with Crippen molar-refractivity contribution in [3.8, 4) is 11.4 Å². The lowest BCUT2D eigenvalue weighted by Crippen LogP contribution is -2.40. The Bertz CT molecular complexity index is 1170. The van der Waals surface area contributed by atoms with Gasteiger partial charge >= 0.3 is 0 Å². The molecule has 0 radical (unpaired) electrons. The third-order valence-electron chi connectivity index (χ3n) is 4.87. The Morgan fingerprint density at radius 2 is 1.84 bits per heavy atom. The van der Waals surface area contributed by atoms with Gasteiger partial charge < -0.3 is 14.8 Å². The normalized spacial score (nSPS) is 14.9. The minimum Gasteiger partial charge on any atom is -0.495 e. The molecular weight excluding hydrogens is 420 g/mol. The molecule has 0 atom stereocenters. The van der Waals surface area contributed by atoms with Crippen LogP contribution in [0.15, 0.2) is 65.7 Å². The van der Waals surface area contributed by atoms with Crippen LogP contribution in [-0.4, -0.2) is 61.8 Å². The molecule has 10 heteroatoms. The molecule has 1 N–H and O–H groups in total. The Hall–Kier alpha value is -3.21. The van der Waals surface area contributed by atoms with Crippen molar-refractivity contribution < 1.29 is 22.7 Å². The Morgan fingerprint density at radius 1 is 1.10 bits per heavy atom. The fourth-order valence-corrected chi connectivity index (χ4v) is 4.84. The molecule has 2 heterocycles. The summed E-state index contributed by atoms with van der Waals surface area (Å²) in [5.74, 6) is 0.0537. The molecule has 1 saturated heterocycles. The number of carbonyl (C=O) groups is 1. The quantitative estimate of drug-likeness (QED) is 0.628. The molecule has 1 fully saturated rings. The number of hydrogen-bond acceptors (Lipinski definition) is 6. The lowest BCUT2D eigenvalue weighted by molar-refractivity contribution is 0.0729. The summed E-state index contributed by atoms with van der Waals surface area (Å²) < 4.78 is 39.7. The molecule has 1 aromatic heterocycles. The number of benzene rings is 2. The molecule has 1 aliphatic rings. The molecular formula is C21H22N4O5S. The highest BCUT2D eigenvalue weighted by Crippen LogP contribution is 2.28. The Labute approximate surface area is 180 Å². The van der Waals surface area contributed by atoms with Gasteiger partial charge in [0, 0.05) is 30.9 Å². The van der Waals surface area contributed by atoms with Gasteiger partial charge in [-0.1, -0.05) is 18.2 Å². The van der Waals surface area contributed by atoms with Crippen LogP contribution in [0.1, 0.15) is 10.4 Å². The zero-order valence-corrected chi connectivity index (χ0v) is 17.7. The van der Waals surface area contributed by atoms with Crippen LogP contribution in [-0.2, 0) is 14.8 Å². The van der Waals surface area contributed by atoms with Gasteiger partial charge in [0.1, 0.15) is 10.6 Å². The van der Waals surface area contributed by atoms with Gasteiger partial charge in [-0.2, -0.15) is 9.40 Å². The zero-order chi connectivity index (χ0) is 21.8. The minimum atomic E-state index is -3.84. The summed E-state index contributed by atoms with van der Waals surface area (Å²) in [6, 6.07) is 15.5. The molecule has 0 unspecified atom stereocenters. The van der Waals surface area contributed by atoms with E-state index in [1.54, 1.807) is 16.9 Å². The smallest absolute Gasteiger partial charge is 0.256 e. The standard InChI is InChI=1S/C21H22N4O5S/c1-29-18-8-7-16(15-19(18)31(27,28)24-11-13-30-14-12-24)21(26)22-20-9-10-25(23-20)17-5-3-2-4-6-17/h2-10,15H,11-14H2,1H3,(H,22,23,26). The van der Waals surface area contributed by atoms with E-state index in [0.717, 1.165) is 5.69 Å². The number of carbonyl (C=O) groups excluding carboxylic acids is 1. The van der Waals surface area contributed by atoms with E-state index < -0.39 is 15.9 Å². The Morgan fingerprint density at radius 3 is 2.55 bits per heavy atom. The number of methoxy groups -OCH3 is 1. The second-order valence-corrected chi connectivity index (χ2v) is 8.72. The summed E-state index contributed by atoms with van der Waals surface area (Å²) in [6.45, 7) is 1.15. The SMILES string of the molecule is COc1ccc(C(=O)Nc2ccn(-c3ccccc3)n2)cc1S(=O)(=O)N1CCOCC1. The molecule has 0 bridgehead atoms. The summed E-state index contributed by atoms with van der Waals surface area (Å²) in [5, 5.41) is 7.05. The van der Waals surface area contributed by atoms with Crippen LogP contribution in [0.5, 0.6) is 5.75 Å². The average Bonchev–Trinajstić information content (AvgIpc) is 3.28. The third kappa shape index (κ3) is 4.46. The summed E-state index contributed by atoms with van der Waals surface area (Å²) in [5.41, 5.74) is 1.04. The zero-order valence-electron chi connectivity index (χ0n) is 16.9. The number of nitrogens with zero attached hydrogens (tertiary/aromatic N) is 3. The maximum Gasteiger partial charge on any atom is 0.256 e. The highest BCUT2D eigenvalue weighted by Gasteiger charge is 2.30. The lowest BCUT2D eigenvalue weighted by atomic mass is 10.2. The topological polar surface area (TPSA) is 103 Å². The Kier molecular flexibility index (Phi) is 6.03. The van der Waals surface area contributed by atoms with Gasteiger partial charge in [-0.25, -0.2) is 13.1 Å². The molecule has 0 spiro atoms. The number of anilines is 1. The van der Waals surface area contributed by atoms with Crippen LogP contribution < -0.4 is 10.1 Å². The maximum atomic E-state index is 13.1. The van der Waals surface area contributed by atoms with Crippen molar-refractivity contribution in [1.29, 1.82) is 0 Å². The average molecular weight is 442 g/mol. The van der Waals surface area contributed by atoms with Crippen LogP contribution in [0.3, 0.4) is 0 Å². The largest absolute Gasteiger partial charge is 0.495 e. The summed E-state index contributed by atoms with van der Waals surface area (Å²) in [7, 11) is -2.44. The van der Waals surface area contributed by atoms with E-state index in [0.29, 0.717) is 19.0 Å². The first-order valence-electron chi connectivity index (χ1n) is 9.67. The van der Waals surface area contributed by atoms with Crippen molar-refractivity contribution >= 4 is 21.7 Å². The summed E-state index contributed by atoms with van der Waals surface area (Å²) in [4.78, 5) is 12.7. The molecule has 1 amide bonds. The molecule has 1 aliphatic heterocycles. The molecule has 4 rings (SSSR count). The molecule has 0 aliphatic carbocycles. The van der Waals surface area contributed by atoms with Crippen LogP contribution in [0, 0.1) is 0 Å². The third-order valence-corrected chi connectivity index (χ3v) is 6.78. The van der Waals surface area contributed by atoms with E-state index in [1.165, 1.54) is 29.6 Å². The van der Waals surface area contributed by atoms with Gasteiger partial charge in [0.15, 0.2) is 5.82 Å². The van der Waals surface area contributed by atoms with Crippen LogP contribution in [0.4, 0.5) is 5.82 Å². The van der Waals surface area contributed by atoms with Crippen molar-refractivity contribution in [3.63, 3.8) is 0 Å². The first-order chi connectivity index (χ1) is 15.0. The van der Waals surface area contributed by atoms with E-state index in [1.807, 2.05) is 30.3 Å². The fourth-order valence-electron chi connectivity index (χ4n) is 3.25. The molecule has 2 aromatic carbocycles. The number of para-hydroxylation sites is 1. The van der Waals surface area contributed by atoms with Crippen LogP contribution >= 0.6 is 0 Å². The summed E-state index contributed by atoms with van der Waals surface area (Å²) >= 11 is 0. The number of nitrogens with one attached hydrogen (secondary N) is 1. The predicted octanol–water partition coefficient (Wildman–Crippen LogP) is 2.15. The van der Waals surface area contributed by atoms with E-state index in [4.69, 9.17) is 9.47 Å². The lowest BCUT2D eigenvalue weighted by Gasteiger charge is -2.26. The van der Waals surface area contributed by atoms with Crippen LogP contribution in [0.25, 0.3) is 5.69 Å². The van der Waals surface area contributed by atoms with Crippen molar-refractivity contribution in [2.24, 2.45) is 0 Å². The molecule has 31 heavy (non-hydrogen) atoms. The first kappa shape index (κ1) is 21.0. The second-order valence-electron chi connectivity index (χ2n) is 6.82. The number of rotatable bonds is 6. The van der Waals surface area contributed by atoms with E-state index >= 15 is 0 Å². The number of amides is 1. The molecule has 3 aromatic rings. The Balaban J connectivity index is 1.58. The highest BCUT2D eigenvalue weighted by atomic mass is 32.2. The number of ether oxygens (including phenoxy) is 2. The van der Waals surface area contributed by atoms with E-state index in [-0.39, 0.29) is 29.3 Å². The summed E-state index contributed by atoms with van der Waals surface area (Å²) in [6.07, 6.45) is 1.73. The van der Waals surface area contributed by atoms with Gasteiger partial charge in [-0.3, -0.25) is 4.79 Å². The van der Waals surface area contributed by atoms with Gasteiger partial charge in [-0.05, 0) is 30.3 Å². The number of hydrogen-bond donors (Lipinski definition) is 1. The highest BCUT2D eigenvalue weighted by molar-refractivity contribution is 7.89. The fraction of sp³-hybridized carbons (Fsp3) is 0.238. The number of aromatic nitrogens is 2. The predicted molar refractivity (Wildman–Crippen MR) is 114 cm³/mol. The second kappa shape index (κ2) is 8.88.